The molecule has 1 aromatic rings. The highest BCUT2D eigenvalue weighted by Crippen LogP contribution is 2.67. The molecule has 0 amide bonds. The van der Waals surface area contributed by atoms with Crippen LogP contribution in [0.4, 0.5) is 13.2 Å². The van der Waals surface area contributed by atoms with Crippen LogP contribution in [0.15, 0.2) is 4.79 Å². The minimum absolute atomic E-state index is 0.187. The second kappa shape index (κ2) is 3.22. The first-order valence-electron chi connectivity index (χ1n) is 6.31. The first-order chi connectivity index (χ1) is 8.59. The molecule has 1 fully saturated rings. The normalized spacial score (nSPS) is 31.6. The van der Waals surface area contributed by atoms with E-state index in [9.17, 15) is 18.0 Å². The van der Waals surface area contributed by atoms with Gasteiger partial charge in [-0.05, 0) is 24.2 Å². The second-order valence-corrected chi connectivity index (χ2v) is 6.32. The quantitative estimate of drug-likeness (QED) is 0.789. The van der Waals surface area contributed by atoms with Crippen molar-refractivity contribution in [3.8, 4) is 0 Å². The Bertz CT molecular complexity index is 617. The second-order valence-electron chi connectivity index (χ2n) is 6.32. The fourth-order valence-corrected chi connectivity index (χ4v) is 3.93. The molecule has 0 aromatic carbocycles. The fraction of sp³-hybridized carbons (Fsp3) is 0.692. The van der Waals surface area contributed by atoms with Gasteiger partial charge in [-0.1, -0.05) is 20.8 Å². The van der Waals surface area contributed by atoms with Gasteiger partial charge in [0.2, 0.25) is 0 Å². The monoisotopic (exact) mass is 272 g/mol. The summed E-state index contributed by atoms with van der Waals surface area (Å²) in [5.74, 6) is -0.187. The molecule has 1 N–H and O–H groups in total. The first-order valence-corrected chi connectivity index (χ1v) is 6.31. The van der Waals surface area contributed by atoms with Gasteiger partial charge in [0.05, 0.1) is 0 Å². The van der Waals surface area contributed by atoms with Gasteiger partial charge in [0.25, 0.3) is 0 Å². The van der Waals surface area contributed by atoms with Crippen LogP contribution in [-0.2, 0) is 11.6 Å². The predicted octanol–water partition coefficient (Wildman–Crippen LogP) is 2.96. The molecule has 6 heteroatoms. The molecule has 1 aromatic heterocycles. The van der Waals surface area contributed by atoms with Crippen LogP contribution in [0, 0.1) is 5.41 Å². The van der Waals surface area contributed by atoms with Crippen molar-refractivity contribution >= 4 is 0 Å². The summed E-state index contributed by atoms with van der Waals surface area (Å²) in [6, 6.07) is 0. The zero-order chi connectivity index (χ0) is 14.2. The molecule has 0 unspecified atom stereocenters. The van der Waals surface area contributed by atoms with E-state index < -0.39 is 23.0 Å². The molecule has 0 radical (unpaired) electrons. The summed E-state index contributed by atoms with van der Waals surface area (Å²) in [5.41, 5.74) is -1.94. The Morgan fingerprint density at radius 2 is 1.95 bits per heavy atom. The van der Waals surface area contributed by atoms with Gasteiger partial charge in [0.1, 0.15) is 0 Å². The van der Waals surface area contributed by atoms with Crippen LogP contribution in [-0.4, -0.2) is 9.97 Å². The molecule has 19 heavy (non-hydrogen) atoms. The molecule has 0 aliphatic heterocycles. The van der Waals surface area contributed by atoms with Gasteiger partial charge < -0.3 is 4.98 Å². The van der Waals surface area contributed by atoms with Crippen molar-refractivity contribution in [1.29, 1.82) is 0 Å². The summed E-state index contributed by atoms with van der Waals surface area (Å²) in [7, 11) is 0. The SMILES string of the molecule is CC1(C)[C@H]2CC[C@]1(C)c1[nH]c(=O)nc(C(F)(F)F)c12. The Balaban J connectivity index is 2.37. The number of fused-ring (bicyclic) bond motifs is 5. The topological polar surface area (TPSA) is 45.8 Å². The van der Waals surface area contributed by atoms with Crippen LogP contribution in [0.3, 0.4) is 0 Å². The summed E-state index contributed by atoms with van der Waals surface area (Å²) in [4.78, 5) is 17.2. The van der Waals surface area contributed by atoms with E-state index in [1.165, 1.54) is 0 Å². The first kappa shape index (κ1) is 12.7. The number of nitrogens with zero attached hydrogens (tertiary/aromatic N) is 1. The molecular weight excluding hydrogens is 257 g/mol. The lowest BCUT2D eigenvalue weighted by atomic mass is 9.70. The highest BCUT2D eigenvalue weighted by atomic mass is 19.4. The van der Waals surface area contributed by atoms with Crippen molar-refractivity contribution < 1.29 is 13.2 Å². The molecule has 3 nitrogen and oxygen atoms in total. The van der Waals surface area contributed by atoms with E-state index in [2.05, 4.69) is 9.97 Å². The van der Waals surface area contributed by atoms with E-state index in [1.807, 2.05) is 20.8 Å². The molecule has 1 heterocycles. The molecule has 2 aliphatic carbocycles. The van der Waals surface area contributed by atoms with Crippen LogP contribution in [0.2, 0.25) is 0 Å². The van der Waals surface area contributed by atoms with Gasteiger partial charge in [-0.3, -0.25) is 0 Å². The Kier molecular flexibility index (Phi) is 2.15. The number of hydrogen-bond acceptors (Lipinski definition) is 2. The summed E-state index contributed by atoms with van der Waals surface area (Å²) in [6.45, 7) is 5.89. The van der Waals surface area contributed by atoms with E-state index in [0.29, 0.717) is 12.1 Å². The number of halogens is 3. The Morgan fingerprint density at radius 3 is 2.53 bits per heavy atom. The van der Waals surface area contributed by atoms with Crippen LogP contribution < -0.4 is 5.69 Å². The maximum Gasteiger partial charge on any atom is 0.433 e. The third kappa shape index (κ3) is 1.34. The molecule has 2 bridgehead atoms. The van der Waals surface area contributed by atoms with Crippen LogP contribution in [0.5, 0.6) is 0 Å². The Labute approximate surface area is 108 Å². The highest BCUT2D eigenvalue weighted by Gasteiger charge is 2.62. The minimum Gasteiger partial charge on any atom is -0.309 e. The van der Waals surface area contributed by atoms with E-state index >= 15 is 0 Å². The maximum absolute atomic E-state index is 13.1. The number of nitrogens with one attached hydrogen (secondary N) is 1. The fourth-order valence-electron chi connectivity index (χ4n) is 3.93. The molecule has 2 aliphatic rings. The molecule has 104 valence electrons. The van der Waals surface area contributed by atoms with E-state index in [0.717, 1.165) is 6.42 Å². The third-order valence-corrected chi connectivity index (χ3v) is 5.36. The van der Waals surface area contributed by atoms with Crippen molar-refractivity contribution in [2.24, 2.45) is 5.41 Å². The average Bonchev–Trinajstić information content (AvgIpc) is 2.58. The van der Waals surface area contributed by atoms with Crippen molar-refractivity contribution in [2.75, 3.05) is 0 Å². The zero-order valence-electron chi connectivity index (χ0n) is 11.0. The lowest BCUT2D eigenvalue weighted by molar-refractivity contribution is -0.142. The van der Waals surface area contributed by atoms with Gasteiger partial charge in [-0.15, -0.1) is 0 Å². The standard InChI is InChI=1S/C13H15F3N2O/c1-11(2)6-4-5-12(11,3)8-7(6)9(13(14,15)16)18-10(19)17-8/h6H,4-5H2,1-3H3,(H,17,18,19)/t6-,12+/m0/s1. The van der Waals surface area contributed by atoms with Crippen molar-refractivity contribution in [1.82, 2.24) is 9.97 Å². The molecular formula is C13H15F3N2O. The minimum atomic E-state index is -4.57. The predicted molar refractivity (Wildman–Crippen MR) is 63.0 cm³/mol. The summed E-state index contributed by atoms with van der Waals surface area (Å²) >= 11 is 0. The third-order valence-electron chi connectivity index (χ3n) is 5.36. The summed E-state index contributed by atoms with van der Waals surface area (Å²) in [6.07, 6.45) is -3.06. The Morgan fingerprint density at radius 1 is 1.32 bits per heavy atom. The number of aromatic nitrogens is 2. The number of H-pyrrole nitrogens is 1. The van der Waals surface area contributed by atoms with Gasteiger partial charge in [-0.2, -0.15) is 18.2 Å². The van der Waals surface area contributed by atoms with Crippen LogP contribution in [0.25, 0.3) is 0 Å². The average molecular weight is 272 g/mol. The summed E-state index contributed by atoms with van der Waals surface area (Å²) < 4.78 is 39.3. The molecule has 1 saturated carbocycles. The number of hydrogen-bond donors (Lipinski definition) is 1. The maximum atomic E-state index is 13.1. The summed E-state index contributed by atoms with van der Waals surface area (Å²) in [5, 5.41) is 0. The smallest absolute Gasteiger partial charge is 0.309 e. The van der Waals surface area contributed by atoms with Crippen LogP contribution >= 0.6 is 0 Å². The van der Waals surface area contributed by atoms with Gasteiger partial charge in [-0.25, -0.2) is 4.79 Å². The van der Waals surface area contributed by atoms with Gasteiger partial charge in [0, 0.05) is 16.7 Å². The lowest BCUT2D eigenvalue weighted by Gasteiger charge is -2.34. The van der Waals surface area contributed by atoms with Gasteiger partial charge in [0.15, 0.2) is 5.69 Å². The zero-order valence-corrected chi connectivity index (χ0v) is 11.0. The molecule has 0 spiro atoms. The van der Waals surface area contributed by atoms with E-state index in [1.54, 1.807) is 0 Å². The Hall–Kier alpha value is -1.33. The van der Waals surface area contributed by atoms with Crippen LogP contribution in [0.1, 0.15) is 56.5 Å². The molecule has 0 saturated heterocycles. The van der Waals surface area contributed by atoms with E-state index in [-0.39, 0.29) is 16.9 Å². The van der Waals surface area contributed by atoms with Crippen molar-refractivity contribution in [3.63, 3.8) is 0 Å². The molecule has 3 rings (SSSR count). The van der Waals surface area contributed by atoms with Crippen molar-refractivity contribution in [3.05, 3.63) is 27.4 Å². The largest absolute Gasteiger partial charge is 0.433 e. The van der Waals surface area contributed by atoms with E-state index in [4.69, 9.17) is 0 Å². The highest BCUT2D eigenvalue weighted by molar-refractivity contribution is 5.47. The number of aromatic amines is 1. The molecule has 2 atom stereocenters. The van der Waals surface area contributed by atoms with Crippen molar-refractivity contribution in [2.45, 2.75) is 51.1 Å². The van der Waals surface area contributed by atoms with Gasteiger partial charge >= 0.3 is 11.9 Å². The number of rotatable bonds is 0. The lowest BCUT2D eigenvalue weighted by Crippen LogP contribution is -2.33. The number of alkyl halides is 3.